The van der Waals surface area contributed by atoms with Crippen molar-refractivity contribution in [2.24, 2.45) is 0 Å². The van der Waals surface area contributed by atoms with Crippen molar-refractivity contribution >= 4 is 17.6 Å². The molecule has 0 fully saturated rings. The maximum Gasteiger partial charge on any atom is 0.340 e. The van der Waals surface area contributed by atoms with Crippen LogP contribution in [0.15, 0.2) is 66.4 Å². The summed E-state index contributed by atoms with van der Waals surface area (Å²) in [6.07, 6.45) is 1.28. The number of nitrogens with one attached hydrogen (secondary N) is 2. The van der Waals surface area contributed by atoms with Crippen molar-refractivity contribution in [1.82, 2.24) is 5.32 Å². The molecular formula is C21H21N3O3. The van der Waals surface area contributed by atoms with Crippen LogP contribution >= 0.6 is 0 Å². The Labute approximate surface area is 158 Å². The van der Waals surface area contributed by atoms with E-state index >= 15 is 0 Å². The van der Waals surface area contributed by atoms with Crippen molar-refractivity contribution in [1.29, 1.82) is 5.26 Å². The van der Waals surface area contributed by atoms with Crippen LogP contribution in [0.25, 0.3) is 0 Å². The summed E-state index contributed by atoms with van der Waals surface area (Å²) in [5.74, 6) is -0.982. The third-order valence-corrected chi connectivity index (χ3v) is 3.81. The Balaban J connectivity index is 2.12. The van der Waals surface area contributed by atoms with Gasteiger partial charge in [-0.3, -0.25) is 4.79 Å². The predicted molar refractivity (Wildman–Crippen MR) is 103 cm³/mol. The van der Waals surface area contributed by atoms with Crippen LogP contribution in [0.3, 0.4) is 0 Å². The molecule has 0 spiro atoms. The molecule has 0 saturated carbocycles. The molecule has 6 heteroatoms. The number of para-hydroxylation sites is 1. The summed E-state index contributed by atoms with van der Waals surface area (Å²) in [5.41, 5.74) is 1.61. The Morgan fingerprint density at radius 1 is 1.15 bits per heavy atom. The Bertz CT molecular complexity index is 870. The maximum absolute atomic E-state index is 12.4. The fourth-order valence-electron chi connectivity index (χ4n) is 2.39. The zero-order valence-corrected chi connectivity index (χ0v) is 15.2. The molecular weight excluding hydrogens is 342 g/mol. The van der Waals surface area contributed by atoms with Gasteiger partial charge >= 0.3 is 5.97 Å². The van der Waals surface area contributed by atoms with Crippen LogP contribution in [0, 0.1) is 11.3 Å². The van der Waals surface area contributed by atoms with Gasteiger partial charge < -0.3 is 15.4 Å². The number of rotatable bonds is 7. The van der Waals surface area contributed by atoms with Gasteiger partial charge in [0.1, 0.15) is 11.6 Å². The third-order valence-electron chi connectivity index (χ3n) is 3.81. The Morgan fingerprint density at radius 2 is 1.81 bits per heavy atom. The molecule has 0 aliphatic heterocycles. The Hall–Kier alpha value is -3.59. The number of ether oxygens (including phenoxy) is 1. The lowest BCUT2D eigenvalue weighted by Gasteiger charge is -2.14. The van der Waals surface area contributed by atoms with Gasteiger partial charge in [0.25, 0.3) is 5.91 Å². The summed E-state index contributed by atoms with van der Waals surface area (Å²) in [6.45, 7) is 3.82. The van der Waals surface area contributed by atoms with E-state index in [4.69, 9.17) is 4.74 Å². The maximum atomic E-state index is 12.4. The molecule has 0 bridgehead atoms. The van der Waals surface area contributed by atoms with E-state index in [0.717, 1.165) is 5.56 Å². The molecule has 1 atom stereocenters. The van der Waals surface area contributed by atoms with Crippen molar-refractivity contribution in [3.05, 3.63) is 77.5 Å². The molecule has 0 saturated heterocycles. The van der Waals surface area contributed by atoms with Gasteiger partial charge in [0.05, 0.1) is 23.9 Å². The Kier molecular flexibility index (Phi) is 7.15. The first-order valence-electron chi connectivity index (χ1n) is 8.55. The standard InChI is InChI=1S/C21H21N3O3/c1-3-27-21(26)18-11-7-8-12-19(18)23-14-17(13-22)20(25)24-15(2)16-9-5-4-6-10-16/h4-12,14-15,23H,3H2,1-2H3,(H,24,25)/b17-14-. The molecule has 0 aliphatic rings. The second kappa shape index (κ2) is 9.78. The van der Waals surface area contributed by atoms with Gasteiger partial charge in [-0.15, -0.1) is 0 Å². The monoisotopic (exact) mass is 363 g/mol. The van der Waals surface area contributed by atoms with E-state index in [1.54, 1.807) is 31.2 Å². The van der Waals surface area contributed by atoms with E-state index in [-0.39, 0.29) is 18.2 Å². The molecule has 0 aromatic heterocycles. The van der Waals surface area contributed by atoms with Crippen molar-refractivity contribution in [3.8, 4) is 6.07 Å². The molecule has 0 aliphatic carbocycles. The van der Waals surface area contributed by atoms with E-state index in [9.17, 15) is 14.9 Å². The number of esters is 1. The van der Waals surface area contributed by atoms with Gasteiger partial charge in [-0.25, -0.2) is 4.79 Å². The lowest BCUT2D eigenvalue weighted by atomic mass is 10.1. The van der Waals surface area contributed by atoms with E-state index < -0.39 is 11.9 Å². The van der Waals surface area contributed by atoms with Crippen LogP contribution in [-0.2, 0) is 9.53 Å². The molecule has 1 unspecified atom stereocenters. The summed E-state index contributed by atoms with van der Waals surface area (Å²) in [4.78, 5) is 24.4. The SMILES string of the molecule is CCOC(=O)c1ccccc1N/C=C(/C#N)C(=O)NC(C)c1ccccc1. The van der Waals surface area contributed by atoms with Crippen LogP contribution in [0.2, 0.25) is 0 Å². The normalized spacial score (nSPS) is 11.8. The van der Waals surface area contributed by atoms with Crippen LogP contribution in [0.1, 0.15) is 35.8 Å². The van der Waals surface area contributed by atoms with Crippen molar-refractivity contribution < 1.29 is 14.3 Å². The smallest absolute Gasteiger partial charge is 0.340 e. The number of amides is 1. The van der Waals surface area contributed by atoms with Gasteiger partial charge in [0.15, 0.2) is 0 Å². The highest BCUT2D eigenvalue weighted by atomic mass is 16.5. The number of hydrogen-bond donors (Lipinski definition) is 2. The van der Waals surface area contributed by atoms with Crippen molar-refractivity contribution in [2.75, 3.05) is 11.9 Å². The van der Waals surface area contributed by atoms with E-state index in [1.807, 2.05) is 43.3 Å². The van der Waals surface area contributed by atoms with E-state index in [2.05, 4.69) is 10.6 Å². The summed E-state index contributed by atoms with van der Waals surface area (Å²) in [6, 6.07) is 17.8. The minimum Gasteiger partial charge on any atom is -0.462 e. The van der Waals surface area contributed by atoms with E-state index in [0.29, 0.717) is 11.3 Å². The molecule has 6 nitrogen and oxygen atoms in total. The molecule has 2 rings (SSSR count). The molecule has 0 radical (unpaired) electrons. The average Bonchev–Trinajstić information content (AvgIpc) is 2.69. The first-order valence-corrected chi connectivity index (χ1v) is 8.55. The first kappa shape index (κ1) is 19.7. The lowest BCUT2D eigenvalue weighted by molar-refractivity contribution is -0.117. The molecule has 2 aromatic carbocycles. The number of nitriles is 1. The number of benzene rings is 2. The van der Waals surface area contributed by atoms with Crippen LogP contribution in [0.4, 0.5) is 5.69 Å². The fraction of sp³-hybridized carbons (Fsp3) is 0.190. The summed E-state index contributed by atoms with van der Waals surface area (Å²) in [5, 5.41) is 14.9. The van der Waals surface area contributed by atoms with Crippen LogP contribution in [0.5, 0.6) is 0 Å². The number of carbonyl (C=O) groups excluding carboxylic acids is 2. The van der Waals surface area contributed by atoms with Gasteiger partial charge in [-0.05, 0) is 31.5 Å². The lowest BCUT2D eigenvalue weighted by Crippen LogP contribution is -2.28. The van der Waals surface area contributed by atoms with E-state index in [1.165, 1.54) is 6.20 Å². The first-order chi connectivity index (χ1) is 13.1. The highest BCUT2D eigenvalue weighted by molar-refractivity contribution is 5.99. The topological polar surface area (TPSA) is 91.2 Å². The average molecular weight is 363 g/mol. The summed E-state index contributed by atoms with van der Waals surface area (Å²) < 4.78 is 5.01. The Morgan fingerprint density at radius 3 is 2.48 bits per heavy atom. The molecule has 2 aromatic rings. The summed E-state index contributed by atoms with van der Waals surface area (Å²) >= 11 is 0. The van der Waals surface area contributed by atoms with Crippen molar-refractivity contribution in [2.45, 2.75) is 19.9 Å². The number of anilines is 1. The number of nitrogens with zero attached hydrogens (tertiary/aromatic N) is 1. The minimum absolute atomic E-state index is 0.101. The van der Waals surface area contributed by atoms with Crippen LogP contribution < -0.4 is 10.6 Å². The van der Waals surface area contributed by atoms with Crippen LogP contribution in [-0.4, -0.2) is 18.5 Å². The minimum atomic E-state index is -0.505. The zero-order chi connectivity index (χ0) is 19.6. The molecule has 27 heavy (non-hydrogen) atoms. The van der Waals surface area contributed by atoms with Gasteiger partial charge in [0.2, 0.25) is 0 Å². The number of carbonyl (C=O) groups is 2. The second-order valence-corrected chi connectivity index (χ2v) is 5.69. The largest absolute Gasteiger partial charge is 0.462 e. The predicted octanol–water partition coefficient (Wildman–Crippen LogP) is 3.56. The highest BCUT2D eigenvalue weighted by Gasteiger charge is 2.15. The second-order valence-electron chi connectivity index (χ2n) is 5.69. The molecule has 138 valence electrons. The fourth-order valence-corrected chi connectivity index (χ4v) is 2.39. The van der Waals surface area contributed by atoms with Gasteiger partial charge in [-0.1, -0.05) is 42.5 Å². The molecule has 0 heterocycles. The molecule has 1 amide bonds. The van der Waals surface area contributed by atoms with Crippen molar-refractivity contribution in [3.63, 3.8) is 0 Å². The number of hydrogen-bond acceptors (Lipinski definition) is 5. The highest BCUT2D eigenvalue weighted by Crippen LogP contribution is 2.17. The van der Waals surface area contributed by atoms with Gasteiger partial charge in [-0.2, -0.15) is 5.26 Å². The third kappa shape index (κ3) is 5.44. The molecule has 2 N–H and O–H groups in total. The van der Waals surface area contributed by atoms with Gasteiger partial charge in [0, 0.05) is 6.20 Å². The quantitative estimate of drug-likeness (QED) is 0.446. The zero-order valence-electron chi connectivity index (χ0n) is 15.2. The summed E-state index contributed by atoms with van der Waals surface area (Å²) in [7, 11) is 0.